The first-order valence-corrected chi connectivity index (χ1v) is 9.01. The third-order valence-electron chi connectivity index (χ3n) is 3.14. The van der Waals surface area contributed by atoms with E-state index in [2.05, 4.69) is 9.46 Å². The highest BCUT2D eigenvalue weighted by Crippen LogP contribution is 2.18. The summed E-state index contributed by atoms with van der Waals surface area (Å²) >= 11 is 1.59. The molecular formula is C15H17NO4S2. The molecule has 1 aromatic carbocycles. The number of esters is 1. The molecule has 0 aliphatic rings. The molecule has 0 saturated carbocycles. The molecule has 1 aromatic heterocycles. The van der Waals surface area contributed by atoms with Crippen LogP contribution in [-0.4, -0.2) is 28.0 Å². The summed E-state index contributed by atoms with van der Waals surface area (Å²) in [5, 5.41) is 1.95. The SMILES string of the molecule is COC(=O)c1ccc(C)c(S(=O)(=O)NCCc2cccs2)c1. The van der Waals surface area contributed by atoms with Gasteiger partial charge in [-0.3, -0.25) is 0 Å². The van der Waals surface area contributed by atoms with Gasteiger partial charge in [-0.15, -0.1) is 11.3 Å². The maximum absolute atomic E-state index is 12.4. The van der Waals surface area contributed by atoms with E-state index in [0.29, 0.717) is 18.5 Å². The van der Waals surface area contributed by atoms with E-state index >= 15 is 0 Å². The summed E-state index contributed by atoms with van der Waals surface area (Å²) in [7, 11) is -2.40. The number of carbonyl (C=O) groups excluding carboxylic acids is 1. The first-order chi connectivity index (χ1) is 10.4. The van der Waals surface area contributed by atoms with Crippen LogP contribution in [0, 0.1) is 6.92 Å². The molecule has 7 heteroatoms. The van der Waals surface area contributed by atoms with Crippen LogP contribution in [0.25, 0.3) is 0 Å². The molecule has 0 amide bonds. The molecule has 0 aliphatic carbocycles. The fraction of sp³-hybridized carbons (Fsp3) is 0.267. The monoisotopic (exact) mass is 339 g/mol. The van der Waals surface area contributed by atoms with Crippen molar-refractivity contribution < 1.29 is 17.9 Å². The fourth-order valence-electron chi connectivity index (χ4n) is 1.98. The molecule has 5 nitrogen and oxygen atoms in total. The highest BCUT2D eigenvalue weighted by atomic mass is 32.2. The Bertz CT molecular complexity index is 752. The molecule has 0 saturated heterocycles. The molecule has 2 rings (SSSR count). The minimum Gasteiger partial charge on any atom is -0.465 e. The number of hydrogen-bond donors (Lipinski definition) is 1. The van der Waals surface area contributed by atoms with Crippen molar-refractivity contribution >= 4 is 27.3 Å². The summed E-state index contributed by atoms with van der Waals surface area (Å²) < 4.78 is 32.0. The maximum atomic E-state index is 12.4. The Kier molecular flexibility index (Phi) is 5.33. The fourth-order valence-corrected chi connectivity index (χ4v) is 3.98. The molecular weight excluding hydrogens is 322 g/mol. The van der Waals surface area contributed by atoms with E-state index in [9.17, 15) is 13.2 Å². The number of methoxy groups -OCH3 is 1. The van der Waals surface area contributed by atoms with Gasteiger partial charge >= 0.3 is 5.97 Å². The molecule has 0 bridgehead atoms. The first kappa shape index (κ1) is 16.7. The van der Waals surface area contributed by atoms with Gasteiger partial charge in [-0.2, -0.15) is 0 Å². The van der Waals surface area contributed by atoms with Gasteiger partial charge in [0.15, 0.2) is 0 Å². The molecule has 0 atom stereocenters. The van der Waals surface area contributed by atoms with Crippen LogP contribution >= 0.6 is 11.3 Å². The zero-order valence-electron chi connectivity index (χ0n) is 12.3. The topological polar surface area (TPSA) is 72.5 Å². The lowest BCUT2D eigenvalue weighted by molar-refractivity contribution is 0.0600. The van der Waals surface area contributed by atoms with E-state index in [0.717, 1.165) is 4.88 Å². The second kappa shape index (κ2) is 7.04. The molecule has 22 heavy (non-hydrogen) atoms. The van der Waals surface area contributed by atoms with Crippen LogP contribution in [0.2, 0.25) is 0 Å². The molecule has 2 aromatic rings. The Morgan fingerprint density at radius 2 is 2.09 bits per heavy atom. The molecule has 0 aliphatic heterocycles. The van der Waals surface area contributed by atoms with E-state index in [4.69, 9.17) is 0 Å². The Hall–Kier alpha value is -1.70. The quantitative estimate of drug-likeness (QED) is 0.820. The Morgan fingerprint density at radius 1 is 1.32 bits per heavy atom. The van der Waals surface area contributed by atoms with Gasteiger partial charge in [0.25, 0.3) is 0 Å². The van der Waals surface area contributed by atoms with Gasteiger partial charge in [-0.05, 0) is 42.5 Å². The summed E-state index contributed by atoms with van der Waals surface area (Å²) in [5.41, 5.74) is 0.794. The lowest BCUT2D eigenvalue weighted by atomic mass is 10.1. The van der Waals surface area contributed by atoms with Crippen LogP contribution in [0.5, 0.6) is 0 Å². The Morgan fingerprint density at radius 3 is 2.73 bits per heavy atom. The molecule has 0 unspecified atom stereocenters. The predicted octanol–water partition coefficient (Wildman–Crippen LogP) is 2.36. The lowest BCUT2D eigenvalue weighted by Gasteiger charge is -2.10. The minimum atomic E-state index is -3.66. The van der Waals surface area contributed by atoms with Crippen molar-refractivity contribution in [1.82, 2.24) is 4.72 Å². The standard InChI is InChI=1S/C15H17NO4S2/c1-11-5-6-12(15(17)20-2)10-14(11)22(18,19)16-8-7-13-4-3-9-21-13/h3-6,9-10,16H,7-8H2,1-2H3. The normalized spacial score (nSPS) is 11.4. The van der Waals surface area contributed by atoms with Crippen LogP contribution in [0.3, 0.4) is 0 Å². The van der Waals surface area contributed by atoms with Gasteiger partial charge in [-0.1, -0.05) is 12.1 Å². The molecule has 0 radical (unpaired) electrons. The number of ether oxygens (including phenoxy) is 1. The molecule has 1 N–H and O–H groups in total. The average Bonchev–Trinajstić information content (AvgIpc) is 3.00. The third kappa shape index (κ3) is 3.94. The van der Waals surface area contributed by atoms with Crippen LogP contribution < -0.4 is 4.72 Å². The second-order valence-electron chi connectivity index (χ2n) is 4.70. The van der Waals surface area contributed by atoms with Gasteiger partial charge in [0.2, 0.25) is 10.0 Å². The number of aryl methyl sites for hydroxylation is 1. The zero-order valence-corrected chi connectivity index (χ0v) is 14.0. The minimum absolute atomic E-state index is 0.0987. The number of carbonyl (C=O) groups is 1. The number of sulfonamides is 1. The third-order valence-corrected chi connectivity index (χ3v) is 5.68. The van der Waals surface area contributed by atoms with Crippen LogP contribution in [0.1, 0.15) is 20.8 Å². The van der Waals surface area contributed by atoms with Crippen molar-refractivity contribution in [2.24, 2.45) is 0 Å². The van der Waals surface area contributed by atoms with Crippen LogP contribution in [0.15, 0.2) is 40.6 Å². The Balaban J connectivity index is 2.15. The highest BCUT2D eigenvalue weighted by Gasteiger charge is 2.19. The van der Waals surface area contributed by atoms with Gasteiger partial charge in [-0.25, -0.2) is 17.9 Å². The molecule has 118 valence electrons. The molecule has 1 heterocycles. The first-order valence-electron chi connectivity index (χ1n) is 6.65. The van der Waals surface area contributed by atoms with Crippen LogP contribution in [-0.2, 0) is 21.2 Å². The van der Waals surface area contributed by atoms with E-state index in [1.807, 2.05) is 17.5 Å². The number of rotatable bonds is 6. The summed E-state index contributed by atoms with van der Waals surface area (Å²) in [6.07, 6.45) is 0.632. The van der Waals surface area contributed by atoms with E-state index < -0.39 is 16.0 Å². The highest BCUT2D eigenvalue weighted by molar-refractivity contribution is 7.89. The van der Waals surface area contributed by atoms with Crippen molar-refractivity contribution in [1.29, 1.82) is 0 Å². The lowest BCUT2D eigenvalue weighted by Crippen LogP contribution is -2.26. The predicted molar refractivity (Wildman–Crippen MR) is 85.7 cm³/mol. The molecule has 0 fully saturated rings. The smallest absolute Gasteiger partial charge is 0.337 e. The largest absolute Gasteiger partial charge is 0.465 e. The van der Waals surface area contributed by atoms with Crippen molar-refractivity contribution in [2.75, 3.05) is 13.7 Å². The number of benzene rings is 1. The summed E-state index contributed by atoms with van der Waals surface area (Å²) in [6, 6.07) is 8.38. The summed E-state index contributed by atoms with van der Waals surface area (Å²) in [5.74, 6) is -0.560. The maximum Gasteiger partial charge on any atom is 0.337 e. The van der Waals surface area contributed by atoms with E-state index in [1.165, 1.54) is 13.2 Å². The van der Waals surface area contributed by atoms with Crippen molar-refractivity contribution in [3.8, 4) is 0 Å². The summed E-state index contributed by atoms with van der Waals surface area (Å²) in [6.45, 7) is 2.00. The van der Waals surface area contributed by atoms with Gasteiger partial charge < -0.3 is 4.74 Å². The van der Waals surface area contributed by atoms with Crippen molar-refractivity contribution in [3.05, 3.63) is 51.7 Å². The average molecular weight is 339 g/mol. The van der Waals surface area contributed by atoms with Gasteiger partial charge in [0.05, 0.1) is 17.6 Å². The second-order valence-corrected chi connectivity index (χ2v) is 7.47. The number of thiophene rings is 1. The Labute approximate surface area is 134 Å². The van der Waals surface area contributed by atoms with E-state index in [-0.39, 0.29) is 10.5 Å². The summed E-state index contributed by atoms with van der Waals surface area (Å²) in [4.78, 5) is 12.7. The number of hydrogen-bond acceptors (Lipinski definition) is 5. The van der Waals surface area contributed by atoms with E-state index in [1.54, 1.807) is 30.4 Å². The number of nitrogens with one attached hydrogen (secondary N) is 1. The van der Waals surface area contributed by atoms with Crippen molar-refractivity contribution in [3.63, 3.8) is 0 Å². The molecule has 0 spiro atoms. The van der Waals surface area contributed by atoms with Crippen molar-refractivity contribution in [2.45, 2.75) is 18.2 Å². The van der Waals surface area contributed by atoms with Gasteiger partial charge in [0.1, 0.15) is 0 Å². The van der Waals surface area contributed by atoms with Gasteiger partial charge in [0, 0.05) is 11.4 Å². The zero-order chi connectivity index (χ0) is 16.2. The van der Waals surface area contributed by atoms with Crippen LogP contribution in [0.4, 0.5) is 0 Å².